The van der Waals surface area contributed by atoms with Crippen molar-refractivity contribution in [2.45, 2.75) is 19.9 Å². The summed E-state index contributed by atoms with van der Waals surface area (Å²) < 4.78 is 6.65. The fourth-order valence-corrected chi connectivity index (χ4v) is 3.03. The molecule has 1 fully saturated rings. The first-order valence-electron chi connectivity index (χ1n) is 7.21. The molecule has 0 saturated carbocycles. The molecule has 22 heavy (non-hydrogen) atoms. The number of oxazole rings is 1. The molecule has 1 aliphatic heterocycles. The quantitative estimate of drug-likeness (QED) is 0.870. The van der Waals surface area contributed by atoms with Gasteiger partial charge < -0.3 is 10.2 Å². The molecule has 0 aliphatic carbocycles. The van der Waals surface area contributed by atoms with E-state index in [-0.39, 0.29) is 17.8 Å². The first kappa shape index (κ1) is 17.5. The van der Waals surface area contributed by atoms with Gasteiger partial charge >= 0.3 is 0 Å². The minimum Gasteiger partial charge on any atom is -0.444 e. The van der Waals surface area contributed by atoms with Crippen molar-refractivity contribution in [3.8, 4) is 11.5 Å². The van der Waals surface area contributed by atoms with Crippen molar-refractivity contribution in [2.75, 3.05) is 19.6 Å². The number of benzene rings is 1. The van der Waals surface area contributed by atoms with Crippen LogP contribution in [0.15, 0.2) is 39.4 Å². The van der Waals surface area contributed by atoms with E-state index >= 15 is 0 Å². The molecule has 6 heteroatoms. The van der Waals surface area contributed by atoms with Crippen LogP contribution in [-0.2, 0) is 6.54 Å². The number of aromatic nitrogens is 1. The number of hydrogen-bond donors (Lipinski definition) is 1. The van der Waals surface area contributed by atoms with Crippen LogP contribution in [0.25, 0.3) is 11.5 Å². The van der Waals surface area contributed by atoms with Crippen molar-refractivity contribution in [3.63, 3.8) is 0 Å². The topological polar surface area (TPSA) is 55.3 Å². The van der Waals surface area contributed by atoms with Crippen molar-refractivity contribution in [3.05, 3.63) is 40.7 Å². The second kappa shape index (κ2) is 7.13. The summed E-state index contributed by atoms with van der Waals surface area (Å²) >= 11 is 3.43. The lowest BCUT2D eigenvalue weighted by atomic mass is 9.90. The first-order valence-corrected chi connectivity index (χ1v) is 8.00. The SMILES string of the molecule is CC1(CN)CCN(Cc2coc(-c3ccc(Br)cc3)n2)C1.Cl. The molecule has 4 nitrogen and oxygen atoms in total. The Morgan fingerprint density at radius 1 is 1.36 bits per heavy atom. The van der Waals surface area contributed by atoms with Gasteiger partial charge in [0.15, 0.2) is 0 Å². The highest BCUT2D eigenvalue weighted by Gasteiger charge is 2.32. The summed E-state index contributed by atoms with van der Waals surface area (Å²) in [4.78, 5) is 6.99. The second-order valence-electron chi connectivity index (χ2n) is 6.13. The monoisotopic (exact) mass is 385 g/mol. The van der Waals surface area contributed by atoms with Gasteiger partial charge in [-0.1, -0.05) is 22.9 Å². The van der Waals surface area contributed by atoms with E-state index in [1.165, 1.54) is 0 Å². The van der Waals surface area contributed by atoms with Crippen LogP contribution in [0.1, 0.15) is 19.0 Å². The lowest BCUT2D eigenvalue weighted by Crippen LogP contribution is -2.31. The standard InChI is InChI=1S/C16H20BrN3O.ClH/c1-16(10-18)6-7-20(11-16)8-14-9-21-15(19-14)12-2-4-13(17)5-3-12;/h2-5,9H,6-8,10-11,18H2,1H3;1H. The average Bonchev–Trinajstić information content (AvgIpc) is 3.08. The Labute approximate surface area is 145 Å². The zero-order chi connectivity index (χ0) is 14.9. The highest BCUT2D eigenvalue weighted by atomic mass is 79.9. The van der Waals surface area contributed by atoms with Crippen molar-refractivity contribution in [1.29, 1.82) is 0 Å². The van der Waals surface area contributed by atoms with Gasteiger partial charge in [0.05, 0.1) is 5.69 Å². The number of hydrogen-bond acceptors (Lipinski definition) is 4. The van der Waals surface area contributed by atoms with Crippen LogP contribution in [0, 0.1) is 5.41 Å². The van der Waals surface area contributed by atoms with E-state index in [9.17, 15) is 0 Å². The van der Waals surface area contributed by atoms with Gasteiger partial charge in [0, 0.05) is 23.1 Å². The summed E-state index contributed by atoms with van der Waals surface area (Å²) in [6, 6.07) is 7.99. The molecule has 0 bridgehead atoms. The molecule has 2 aromatic rings. The van der Waals surface area contributed by atoms with E-state index < -0.39 is 0 Å². The number of nitrogens with zero attached hydrogens (tertiary/aromatic N) is 2. The molecule has 2 heterocycles. The summed E-state index contributed by atoms with van der Waals surface area (Å²) in [7, 11) is 0. The van der Waals surface area contributed by atoms with Crippen molar-refractivity contribution in [1.82, 2.24) is 9.88 Å². The lowest BCUT2D eigenvalue weighted by Gasteiger charge is -2.21. The minimum absolute atomic E-state index is 0. The van der Waals surface area contributed by atoms with Crippen LogP contribution < -0.4 is 5.73 Å². The fourth-order valence-electron chi connectivity index (χ4n) is 2.76. The van der Waals surface area contributed by atoms with E-state index in [1.54, 1.807) is 6.26 Å². The van der Waals surface area contributed by atoms with Crippen molar-refractivity contribution < 1.29 is 4.42 Å². The van der Waals surface area contributed by atoms with Gasteiger partial charge in [-0.3, -0.25) is 4.90 Å². The van der Waals surface area contributed by atoms with E-state index in [2.05, 4.69) is 32.7 Å². The zero-order valence-corrected chi connectivity index (χ0v) is 15.0. The maximum atomic E-state index is 5.85. The normalized spacial score (nSPS) is 21.8. The molecular formula is C16H21BrClN3O. The number of rotatable bonds is 4. The van der Waals surface area contributed by atoms with Crippen LogP contribution >= 0.6 is 28.3 Å². The van der Waals surface area contributed by atoms with Crippen LogP contribution in [0.4, 0.5) is 0 Å². The van der Waals surface area contributed by atoms with Crippen LogP contribution in [0.2, 0.25) is 0 Å². The molecular weight excluding hydrogens is 366 g/mol. The molecule has 120 valence electrons. The summed E-state index contributed by atoms with van der Waals surface area (Å²) in [5.74, 6) is 0.679. The lowest BCUT2D eigenvalue weighted by molar-refractivity contribution is 0.272. The van der Waals surface area contributed by atoms with Gasteiger partial charge in [-0.2, -0.15) is 0 Å². The maximum absolute atomic E-state index is 5.85. The van der Waals surface area contributed by atoms with E-state index in [0.717, 1.165) is 48.3 Å². The molecule has 1 aromatic carbocycles. The Kier molecular flexibility index (Phi) is 5.66. The third-order valence-corrected chi connectivity index (χ3v) is 4.69. The van der Waals surface area contributed by atoms with Gasteiger partial charge in [-0.25, -0.2) is 4.98 Å². The summed E-state index contributed by atoms with van der Waals surface area (Å²) in [5.41, 5.74) is 8.08. The largest absolute Gasteiger partial charge is 0.444 e. The Bertz CT molecular complexity index is 616. The predicted molar refractivity (Wildman–Crippen MR) is 93.9 cm³/mol. The summed E-state index contributed by atoms with van der Waals surface area (Å²) in [5, 5.41) is 0. The highest BCUT2D eigenvalue weighted by Crippen LogP contribution is 2.29. The van der Waals surface area contributed by atoms with Crippen LogP contribution in [0.5, 0.6) is 0 Å². The Balaban J connectivity index is 0.00000176. The second-order valence-corrected chi connectivity index (χ2v) is 7.04. The zero-order valence-electron chi connectivity index (χ0n) is 12.6. The Morgan fingerprint density at radius 2 is 2.09 bits per heavy atom. The van der Waals surface area contributed by atoms with E-state index in [0.29, 0.717) is 5.89 Å². The van der Waals surface area contributed by atoms with Crippen molar-refractivity contribution in [2.24, 2.45) is 11.1 Å². The van der Waals surface area contributed by atoms with E-state index in [1.807, 2.05) is 24.3 Å². The van der Waals surface area contributed by atoms with Gasteiger partial charge in [-0.05, 0) is 49.2 Å². The van der Waals surface area contributed by atoms with Gasteiger partial charge in [0.2, 0.25) is 5.89 Å². The molecule has 1 aliphatic rings. The molecule has 1 aromatic heterocycles. The maximum Gasteiger partial charge on any atom is 0.226 e. The van der Waals surface area contributed by atoms with Gasteiger partial charge in [0.25, 0.3) is 0 Å². The van der Waals surface area contributed by atoms with Crippen molar-refractivity contribution >= 4 is 28.3 Å². The minimum atomic E-state index is 0. The Morgan fingerprint density at radius 3 is 2.73 bits per heavy atom. The number of likely N-dealkylation sites (tertiary alicyclic amines) is 1. The molecule has 0 spiro atoms. The molecule has 0 radical (unpaired) electrons. The highest BCUT2D eigenvalue weighted by molar-refractivity contribution is 9.10. The number of nitrogens with two attached hydrogens (primary N) is 1. The first-order chi connectivity index (χ1) is 10.1. The van der Waals surface area contributed by atoms with Gasteiger partial charge in [0.1, 0.15) is 6.26 Å². The fraction of sp³-hybridized carbons (Fsp3) is 0.438. The molecule has 1 saturated heterocycles. The summed E-state index contributed by atoms with van der Waals surface area (Å²) in [6.07, 6.45) is 2.91. The molecule has 0 amide bonds. The molecule has 2 N–H and O–H groups in total. The number of halogens is 2. The average molecular weight is 387 g/mol. The smallest absolute Gasteiger partial charge is 0.226 e. The van der Waals surface area contributed by atoms with E-state index in [4.69, 9.17) is 10.2 Å². The summed E-state index contributed by atoms with van der Waals surface area (Å²) in [6.45, 7) is 5.93. The van der Waals surface area contributed by atoms with Gasteiger partial charge in [-0.15, -0.1) is 12.4 Å². The predicted octanol–water partition coefficient (Wildman–Crippen LogP) is 3.70. The van der Waals surface area contributed by atoms with Crippen LogP contribution in [-0.4, -0.2) is 29.5 Å². The Hall–Kier alpha value is -0.880. The third-order valence-electron chi connectivity index (χ3n) is 4.16. The molecule has 1 atom stereocenters. The molecule has 1 unspecified atom stereocenters. The van der Waals surface area contributed by atoms with Crippen LogP contribution in [0.3, 0.4) is 0 Å². The molecule has 3 rings (SSSR count). The third kappa shape index (κ3) is 3.90.